The normalized spacial score (nSPS) is 16.2. The van der Waals surface area contributed by atoms with Crippen LogP contribution in [0.5, 0.6) is 0 Å². The first-order valence-electron chi connectivity index (χ1n) is 6.46. The number of hydrogen-bond acceptors (Lipinski definition) is 6. The first-order valence-corrected chi connectivity index (χ1v) is 8.33. The minimum absolute atomic E-state index is 0.0851. The Morgan fingerprint density at radius 2 is 2.18 bits per heavy atom. The summed E-state index contributed by atoms with van der Waals surface area (Å²) in [6.07, 6.45) is -0.0851. The summed E-state index contributed by atoms with van der Waals surface area (Å²) >= 11 is 2.86. The maximum atomic E-state index is 10.6. The highest BCUT2D eigenvalue weighted by Gasteiger charge is 2.13. The number of aliphatic carboxylic acids is 1. The highest BCUT2D eigenvalue weighted by Crippen LogP contribution is 2.22. The van der Waals surface area contributed by atoms with Crippen LogP contribution < -0.4 is 5.43 Å². The fourth-order valence-electron chi connectivity index (χ4n) is 1.82. The van der Waals surface area contributed by atoms with Crippen molar-refractivity contribution >= 4 is 45.1 Å². The number of benzene rings is 1. The minimum Gasteiger partial charge on any atom is -0.481 e. The molecule has 0 radical (unpaired) electrons. The molecule has 1 aromatic carbocycles. The van der Waals surface area contributed by atoms with E-state index in [1.54, 1.807) is 17.1 Å². The van der Waals surface area contributed by atoms with Crippen molar-refractivity contribution < 1.29 is 9.90 Å². The molecule has 0 unspecified atom stereocenters. The SMILES string of the molecule is O=C(O)Cc1csc(/N=C2/NN=C(c3ccccc3)CS2)n1. The van der Waals surface area contributed by atoms with Crippen LogP contribution in [0.15, 0.2) is 45.8 Å². The molecule has 0 amide bonds. The average Bonchev–Trinajstić information content (AvgIpc) is 2.95. The molecule has 0 fully saturated rings. The van der Waals surface area contributed by atoms with Gasteiger partial charge in [-0.2, -0.15) is 10.1 Å². The zero-order valence-corrected chi connectivity index (χ0v) is 13.0. The van der Waals surface area contributed by atoms with Crippen LogP contribution >= 0.6 is 23.1 Å². The number of carbonyl (C=O) groups is 1. The van der Waals surface area contributed by atoms with Crippen molar-refractivity contribution in [2.24, 2.45) is 10.1 Å². The molecule has 0 saturated heterocycles. The van der Waals surface area contributed by atoms with Crippen molar-refractivity contribution in [3.63, 3.8) is 0 Å². The van der Waals surface area contributed by atoms with Crippen molar-refractivity contribution in [1.29, 1.82) is 0 Å². The quantitative estimate of drug-likeness (QED) is 0.898. The number of aliphatic imine (C=N–C) groups is 1. The molecule has 0 atom stereocenters. The van der Waals surface area contributed by atoms with Gasteiger partial charge < -0.3 is 5.11 Å². The van der Waals surface area contributed by atoms with E-state index < -0.39 is 5.97 Å². The highest BCUT2D eigenvalue weighted by atomic mass is 32.2. The molecule has 0 spiro atoms. The number of amidine groups is 1. The lowest BCUT2D eigenvalue weighted by Gasteiger charge is -2.14. The lowest BCUT2D eigenvalue weighted by atomic mass is 10.1. The van der Waals surface area contributed by atoms with Crippen LogP contribution in [0.25, 0.3) is 0 Å². The third-order valence-corrected chi connectivity index (χ3v) is 4.47. The van der Waals surface area contributed by atoms with Gasteiger partial charge in [0.15, 0.2) is 5.17 Å². The van der Waals surface area contributed by atoms with E-state index in [0.717, 1.165) is 17.0 Å². The van der Waals surface area contributed by atoms with Gasteiger partial charge in [0.05, 0.1) is 17.8 Å². The van der Waals surface area contributed by atoms with Gasteiger partial charge in [0, 0.05) is 11.1 Å². The van der Waals surface area contributed by atoms with Gasteiger partial charge in [0.2, 0.25) is 5.13 Å². The number of hydrogen-bond donors (Lipinski definition) is 2. The maximum Gasteiger partial charge on any atom is 0.309 e. The molecule has 3 rings (SSSR count). The van der Waals surface area contributed by atoms with Crippen LogP contribution in [0.4, 0.5) is 5.13 Å². The monoisotopic (exact) mass is 332 g/mol. The van der Waals surface area contributed by atoms with Gasteiger partial charge in [-0.25, -0.2) is 4.98 Å². The molecule has 8 heteroatoms. The standard InChI is InChI=1S/C14H12N4O2S2/c19-12(20)6-10-7-21-13(15-10)16-14-18-17-11(8-22-14)9-4-2-1-3-5-9/h1-5,7H,6,8H2,(H,19,20)(H,15,16,18). The molecular weight excluding hydrogens is 320 g/mol. The predicted octanol–water partition coefficient (Wildman–Crippen LogP) is 2.50. The zero-order valence-electron chi connectivity index (χ0n) is 11.4. The van der Waals surface area contributed by atoms with Crippen molar-refractivity contribution in [2.45, 2.75) is 6.42 Å². The Morgan fingerprint density at radius 1 is 1.36 bits per heavy atom. The van der Waals surface area contributed by atoms with E-state index in [4.69, 9.17) is 5.11 Å². The number of thiazole rings is 1. The number of carboxylic acid groups (broad SMARTS) is 1. The van der Waals surface area contributed by atoms with Gasteiger partial charge in [0.1, 0.15) is 0 Å². The third kappa shape index (κ3) is 3.71. The summed E-state index contributed by atoms with van der Waals surface area (Å²) < 4.78 is 0. The van der Waals surface area contributed by atoms with Gasteiger partial charge in [-0.3, -0.25) is 10.2 Å². The average molecular weight is 332 g/mol. The lowest BCUT2D eigenvalue weighted by molar-refractivity contribution is -0.136. The molecule has 0 saturated carbocycles. The van der Waals surface area contributed by atoms with E-state index in [2.05, 4.69) is 20.5 Å². The molecule has 1 aromatic heterocycles. The van der Waals surface area contributed by atoms with Crippen molar-refractivity contribution in [3.05, 3.63) is 47.0 Å². The first kappa shape index (κ1) is 14.7. The van der Waals surface area contributed by atoms with Crippen LogP contribution in [0, 0.1) is 0 Å². The molecule has 22 heavy (non-hydrogen) atoms. The molecular formula is C14H12N4O2S2. The smallest absolute Gasteiger partial charge is 0.309 e. The number of hydrazone groups is 1. The van der Waals surface area contributed by atoms with Gasteiger partial charge >= 0.3 is 5.97 Å². The summed E-state index contributed by atoms with van der Waals surface area (Å²) in [6.45, 7) is 0. The van der Waals surface area contributed by atoms with E-state index in [1.807, 2.05) is 30.3 Å². The van der Waals surface area contributed by atoms with E-state index in [1.165, 1.54) is 11.3 Å². The molecule has 1 aliphatic rings. The van der Waals surface area contributed by atoms with Gasteiger partial charge in [-0.05, 0) is 5.56 Å². The highest BCUT2D eigenvalue weighted by molar-refractivity contribution is 8.14. The summed E-state index contributed by atoms with van der Waals surface area (Å²) in [6, 6.07) is 9.96. The fraction of sp³-hybridized carbons (Fsp3) is 0.143. The van der Waals surface area contributed by atoms with Crippen molar-refractivity contribution in [1.82, 2.24) is 10.4 Å². The molecule has 112 valence electrons. The van der Waals surface area contributed by atoms with Crippen LogP contribution in [-0.4, -0.2) is 32.7 Å². The number of nitrogens with zero attached hydrogens (tertiary/aromatic N) is 3. The Labute approximate surface area is 135 Å². The number of thioether (sulfide) groups is 1. The zero-order chi connectivity index (χ0) is 15.4. The van der Waals surface area contributed by atoms with Crippen LogP contribution in [0.3, 0.4) is 0 Å². The van der Waals surface area contributed by atoms with Gasteiger partial charge in [-0.1, -0.05) is 42.1 Å². The topological polar surface area (TPSA) is 86.9 Å². The molecule has 1 aliphatic heterocycles. The van der Waals surface area contributed by atoms with Crippen LogP contribution in [0.1, 0.15) is 11.3 Å². The molecule has 0 bridgehead atoms. The summed E-state index contributed by atoms with van der Waals surface area (Å²) in [5, 5.41) is 16.0. The van der Waals surface area contributed by atoms with E-state index >= 15 is 0 Å². The molecule has 0 aliphatic carbocycles. The van der Waals surface area contributed by atoms with Crippen molar-refractivity contribution in [3.8, 4) is 0 Å². The Morgan fingerprint density at radius 3 is 2.86 bits per heavy atom. The minimum atomic E-state index is -0.897. The van der Waals surface area contributed by atoms with Gasteiger partial charge in [0.25, 0.3) is 0 Å². The Kier molecular flexibility index (Phi) is 4.50. The third-order valence-electron chi connectivity index (χ3n) is 2.81. The second kappa shape index (κ2) is 6.71. The summed E-state index contributed by atoms with van der Waals surface area (Å²) in [7, 11) is 0. The van der Waals surface area contributed by atoms with Crippen LogP contribution in [0.2, 0.25) is 0 Å². The Bertz CT molecular complexity index is 740. The molecule has 2 N–H and O–H groups in total. The van der Waals surface area contributed by atoms with Crippen LogP contribution in [-0.2, 0) is 11.2 Å². The van der Waals surface area contributed by atoms with E-state index in [0.29, 0.717) is 16.0 Å². The van der Waals surface area contributed by atoms with E-state index in [-0.39, 0.29) is 6.42 Å². The lowest BCUT2D eigenvalue weighted by Crippen LogP contribution is -2.25. The molecule has 2 aromatic rings. The molecule has 6 nitrogen and oxygen atoms in total. The second-order valence-electron chi connectivity index (χ2n) is 4.43. The number of rotatable bonds is 4. The Balaban J connectivity index is 1.69. The first-order chi connectivity index (χ1) is 10.7. The number of carboxylic acids is 1. The van der Waals surface area contributed by atoms with E-state index in [9.17, 15) is 4.79 Å². The molecule has 2 heterocycles. The predicted molar refractivity (Wildman–Crippen MR) is 89.1 cm³/mol. The Hall–Kier alpha value is -2.19. The number of nitrogens with one attached hydrogen (secondary N) is 1. The summed E-state index contributed by atoms with van der Waals surface area (Å²) in [4.78, 5) is 19.2. The fourth-order valence-corrected chi connectivity index (χ4v) is 3.34. The largest absolute Gasteiger partial charge is 0.481 e. The second-order valence-corrected chi connectivity index (χ2v) is 6.23. The number of aromatic nitrogens is 1. The van der Waals surface area contributed by atoms with Crippen molar-refractivity contribution in [2.75, 3.05) is 5.75 Å². The maximum absolute atomic E-state index is 10.6. The summed E-state index contributed by atoms with van der Waals surface area (Å²) in [5.74, 6) is -0.171. The van der Waals surface area contributed by atoms with Gasteiger partial charge in [-0.15, -0.1) is 11.3 Å². The summed E-state index contributed by atoms with van der Waals surface area (Å²) in [5.41, 5.74) is 5.49.